The number of nitrogens with zero attached hydrogens (tertiary/aromatic N) is 2. The quantitative estimate of drug-likeness (QED) is 0.914. The molecule has 1 N–H and O–H groups in total. The van der Waals surface area contributed by atoms with Crippen LogP contribution < -0.4 is 5.32 Å². The lowest BCUT2D eigenvalue weighted by molar-refractivity contribution is 0.619. The summed E-state index contributed by atoms with van der Waals surface area (Å²) in [4.78, 5) is 0. The van der Waals surface area contributed by atoms with Gasteiger partial charge in [0.25, 0.3) is 0 Å². The molecule has 0 saturated carbocycles. The molecule has 0 aliphatic rings. The molecule has 0 aliphatic heterocycles. The lowest BCUT2D eigenvalue weighted by Crippen LogP contribution is -2.08. The van der Waals surface area contributed by atoms with Crippen LogP contribution in [0.25, 0.3) is 11.3 Å². The van der Waals surface area contributed by atoms with Crippen LogP contribution in [0.5, 0.6) is 0 Å². The maximum absolute atomic E-state index is 13.7. The second-order valence-corrected chi connectivity index (χ2v) is 4.99. The van der Waals surface area contributed by atoms with Gasteiger partial charge in [0.1, 0.15) is 5.82 Å². The molecular weight excluding hydrogens is 253 g/mol. The molecule has 0 amide bonds. The lowest BCUT2D eigenvalue weighted by Gasteiger charge is -2.14. The minimum atomic E-state index is -0.213. The topological polar surface area (TPSA) is 37.8 Å². The second kappa shape index (κ2) is 5.99. The molecule has 4 heteroatoms. The normalized spacial score (nSPS) is 10.7. The van der Waals surface area contributed by atoms with Gasteiger partial charge in [-0.15, -0.1) is 10.2 Å². The number of halogens is 1. The highest BCUT2D eigenvalue weighted by atomic mass is 19.1. The van der Waals surface area contributed by atoms with Crippen LogP contribution in [0.2, 0.25) is 0 Å². The van der Waals surface area contributed by atoms with E-state index in [0.717, 1.165) is 41.2 Å². The first-order valence-corrected chi connectivity index (χ1v) is 6.89. The Hall–Kier alpha value is -1.97. The first-order valence-electron chi connectivity index (χ1n) is 6.89. The van der Waals surface area contributed by atoms with Gasteiger partial charge < -0.3 is 5.32 Å². The van der Waals surface area contributed by atoms with Gasteiger partial charge in [0, 0.05) is 12.1 Å². The van der Waals surface area contributed by atoms with Gasteiger partial charge in [-0.3, -0.25) is 0 Å². The molecular formula is C16H20FN3. The zero-order valence-electron chi connectivity index (χ0n) is 12.4. The number of nitrogens with one attached hydrogen (secondary N) is 1. The Morgan fingerprint density at radius 3 is 2.50 bits per heavy atom. The van der Waals surface area contributed by atoms with Crippen LogP contribution in [0, 0.1) is 26.6 Å². The largest absolute Gasteiger partial charge is 0.368 e. The minimum Gasteiger partial charge on any atom is -0.368 e. The molecule has 1 aromatic heterocycles. The van der Waals surface area contributed by atoms with Crippen molar-refractivity contribution in [2.24, 2.45) is 0 Å². The van der Waals surface area contributed by atoms with Crippen LogP contribution in [0.15, 0.2) is 18.2 Å². The van der Waals surface area contributed by atoms with E-state index in [1.165, 1.54) is 6.07 Å². The van der Waals surface area contributed by atoms with Gasteiger partial charge in [0.05, 0.1) is 5.69 Å². The third kappa shape index (κ3) is 2.64. The summed E-state index contributed by atoms with van der Waals surface area (Å²) in [5, 5.41) is 11.8. The van der Waals surface area contributed by atoms with Crippen LogP contribution in [0.1, 0.15) is 30.0 Å². The van der Waals surface area contributed by atoms with Gasteiger partial charge in [-0.25, -0.2) is 4.39 Å². The fourth-order valence-electron chi connectivity index (χ4n) is 2.14. The Bertz CT molecular complexity index is 623. The maximum Gasteiger partial charge on any atom is 0.151 e. The van der Waals surface area contributed by atoms with E-state index >= 15 is 0 Å². The Morgan fingerprint density at radius 2 is 1.80 bits per heavy atom. The van der Waals surface area contributed by atoms with Crippen molar-refractivity contribution in [2.75, 3.05) is 11.9 Å². The highest BCUT2D eigenvalue weighted by Gasteiger charge is 2.14. The van der Waals surface area contributed by atoms with Crippen LogP contribution in [-0.2, 0) is 0 Å². The minimum absolute atomic E-state index is 0.213. The summed E-state index contributed by atoms with van der Waals surface area (Å²) in [5.74, 6) is 0.594. The molecule has 0 atom stereocenters. The average Bonchev–Trinajstić information content (AvgIpc) is 2.44. The molecule has 0 unspecified atom stereocenters. The summed E-state index contributed by atoms with van der Waals surface area (Å²) in [7, 11) is 0. The summed E-state index contributed by atoms with van der Waals surface area (Å²) in [6.45, 7) is 8.76. The smallest absolute Gasteiger partial charge is 0.151 e. The standard InChI is InChI=1S/C16H20FN3/c1-5-9-18-16-11(3)10(2)15(19-20-16)13-7-6-8-14(17)12(13)4/h6-8H,5,9H2,1-4H3,(H,18,20). The van der Waals surface area contributed by atoms with Gasteiger partial charge in [-0.2, -0.15) is 0 Å². The van der Waals surface area contributed by atoms with E-state index in [9.17, 15) is 4.39 Å². The Labute approximate surface area is 119 Å². The third-order valence-electron chi connectivity index (χ3n) is 3.59. The molecule has 0 saturated heterocycles. The Morgan fingerprint density at radius 1 is 1.05 bits per heavy atom. The summed E-state index contributed by atoms with van der Waals surface area (Å²) < 4.78 is 13.7. The van der Waals surface area contributed by atoms with E-state index < -0.39 is 0 Å². The van der Waals surface area contributed by atoms with Crippen molar-refractivity contribution in [3.05, 3.63) is 40.7 Å². The van der Waals surface area contributed by atoms with Crippen LogP contribution in [0.3, 0.4) is 0 Å². The Kier molecular flexibility index (Phi) is 4.32. The second-order valence-electron chi connectivity index (χ2n) is 4.99. The van der Waals surface area contributed by atoms with Crippen LogP contribution in [-0.4, -0.2) is 16.7 Å². The summed E-state index contributed by atoms with van der Waals surface area (Å²) in [5.41, 5.74) is 4.26. The monoisotopic (exact) mass is 273 g/mol. The van der Waals surface area contributed by atoms with Gasteiger partial charge in [0.15, 0.2) is 5.82 Å². The molecule has 20 heavy (non-hydrogen) atoms. The maximum atomic E-state index is 13.7. The summed E-state index contributed by atoms with van der Waals surface area (Å²) >= 11 is 0. The van der Waals surface area contributed by atoms with Gasteiger partial charge >= 0.3 is 0 Å². The average molecular weight is 273 g/mol. The van der Waals surface area contributed by atoms with E-state index in [1.54, 1.807) is 13.0 Å². The van der Waals surface area contributed by atoms with Crippen molar-refractivity contribution < 1.29 is 4.39 Å². The molecule has 1 heterocycles. The summed E-state index contributed by atoms with van der Waals surface area (Å²) in [6.07, 6.45) is 1.03. The molecule has 106 valence electrons. The van der Waals surface area contributed by atoms with Crippen molar-refractivity contribution >= 4 is 5.82 Å². The van der Waals surface area contributed by atoms with Crippen molar-refractivity contribution in [1.82, 2.24) is 10.2 Å². The SMILES string of the molecule is CCCNc1nnc(-c2cccc(F)c2C)c(C)c1C. The van der Waals surface area contributed by atoms with Crippen molar-refractivity contribution in [2.45, 2.75) is 34.1 Å². The van der Waals surface area contributed by atoms with Crippen molar-refractivity contribution in [1.29, 1.82) is 0 Å². The summed E-state index contributed by atoms with van der Waals surface area (Å²) in [6, 6.07) is 5.05. The van der Waals surface area contributed by atoms with E-state index in [4.69, 9.17) is 0 Å². The number of anilines is 1. The van der Waals surface area contributed by atoms with E-state index in [2.05, 4.69) is 22.4 Å². The fraction of sp³-hybridized carbons (Fsp3) is 0.375. The molecule has 2 rings (SSSR count). The van der Waals surface area contributed by atoms with Crippen LogP contribution >= 0.6 is 0 Å². The van der Waals surface area contributed by atoms with E-state index in [0.29, 0.717) is 5.56 Å². The van der Waals surface area contributed by atoms with Gasteiger partial charge in [0.2, 0.25) is 0 Å². The predicted octanol–water partition coefficient (Wildman–Crippen LogP) is 4.03. The molecule has 0 bridgehead atoms. The first kappa shape index (κ1) is 14.4. The zero-order valence-corrected chi connectivity index (χ0v) is 12.4. The number of hydrogen-bond donors (Lipinski definition) is 1. The highest BCUT2D eigenvalue weighted by Crippen LogP contribution is 2.29. The zero-order chi connectivity index (χ0) is 14.7. The van der Waals surface area contributed by atoms with E-state index in [-0.39, 0.29) is 5.82 Å². The third-order valence-corrected chi connectivity index (χ3v) is 3.59. The molecule has 0 spiro atoms. The highest BCUT2D eigenvalue weighted by molar-refractivity contribution is 5.69. The van der Waals surface area contributed by atoms with Gasteiger partial charge in [-0.05, 0) is 49.9 Å². The number of rotatable bonds is 4. The van der Waals surface area contributed by atoms with Crippen molar-refractivity contribution in [3.63, 3.8) is 0 Å². The van der Waals surface area contributed by atoms with Crippen molar-refractivity contribution in [3.8, 4) is 11.3 Å². The molecule has 0 fully saturated rings. The molecule has 1 aromatic carbocycles. The number of benzene rings is 1. The molecule has 2 aromatic rings. The first-order chi connectivity index (χ1) is 9.56. The lowest BCUT2D eigenvalue weighted by atomic mass is 9.99. The number of aromatic nitrogens is 2. The van der Waals surface area contributed by atoms with Crippen LogP contribution in [0.4, 0.5) is 10.2 Å². The molecule has 0 aliphatic carbocycles. The molecule has 0 radical (unpaired) electrons. The van der Waals surface area contributed by atoms with Gasteiger partial charge in [-0.1, -0.05) is 19.1 Å². The van der Waals surface area contributed by atoms with E-state index in [1.807, 2.05) is 19.9 Å². The number of hydrogen-bond acceptors (Lipinski definition) is 3. The Balaban J connectivity index is 2.48. The predicted molar refractivity (Wildman–Crippen MR) is 80.4 cm³/mol. The molecule has 3 nitrogen and oxygen atoms in total. The fourth-order valence-corrected chi connectivity index (χ4v) is 2.14.